The predicted molar refractivity (Wildman–Crippen MR) is 125 cm³/mol. The van der Waals surface area contributed by atoms with E-state index in [9.17, 15) is 14.4 Å². The van der Waals surface area contributed by atoms with Gasteiger partial charge in [0.15, 0.2) is 6.10 Å². The molecule has 1 N–H and O–H groups in total. The van der Waals surface area contributed by atoms with Gasteiger partial charge in [-0.1, -0.05) is 36.4 Å². The van der Waals surface area contributed by atoms with Gasteiger partial charge in [-0.05, 0) is 41.1 Å². The number of hydrogen-bond donors (Lipinski definition) is 1. The topological polar surface area (TPSA) is 91.8 Å². The number of benzene rings is 1. The molecule has 4 heterocycles. The maximum atomic E-state index is 13.4. The maximum Gasteiger partial charge on any atom is 0.261 e. The van der Waals surface area contributed by atoms with Crippen LogP contribution in [-0.2, 0) is 32.2 Å². The van der Waals surface area contributed by atoms with E-state index < -0.39 is 18.1 Å². The zero-order chi connectivity index (χ0) is 23.5. The van der Waals surface area contributed by atoms with Gasteiger partial charge >= 0.3 is 0 Å². The predicted octanol–water partition coefficient (Wildman–Crippen LogP) is 2.34. The Morgan fingerprint density at radius 1 is 1.03 bits per heavy atom. The molecule has 1 aromatic carbocycles. The first-order valence-corrected chi connectivity index (χ1v) is 12.0. The number of rotatable bonds is 8. The van der Waals surface area contributed by atoms with E-state index in [4.69, 9.17) is 4.84 Å². The van der Waals surface area contributed by atoms with Gasteiger partial charge in [0.25, 0.3) is 5.91 Å². The number of fused-ring (bicyclic) bond motifs is 1. The molecule has 3 atom stereocenters. The molecule has 3 aromatic rings. The second-order valence-corrected chi connectivity index (χ2v) is 9.31. The highest BCUT2D eigenvalue weighted by molar-refractivity contribution is 7.09. The summed E-state index contributed by atoms with van der Waals surface area (Å²) >= 11 is 1.65. The number of thiophene rings is 1. The maximum absolute atomic E-state index is 13.4. The summed E-state index contributed by atoms with van der Waals surface area (Å²) in [6.45, 7) is 0.619. The second kappa shape index (κ2) is 9.84. The molecule has 0 bridgehead atoms. The summed E-state index contributed by atoms with van der Waals surface area (Å²) in [7, 11) is 0. The Kier molecular flexibility index (Phi) is 6.48. The van der Waals surface area contributed by atoms with Crippen LogP contribution >= 0.6 is 11.3 Å². The van der Waals surface area contributed by atoms with Gasteiger partial charge in [0, 0.05) is 23.8 Å². The van der Waals surface area contributed by atoms with Crippen LogP contribution in [-0.4, -0.2) is 51.9 Å². The fraction of sp³-hybridized carbons (Fsp3) is 0.280. The first-order chi connectivity index (χ1) is 16.6. The van der Waals surface area contributed by atoms with Crippen molar-refractivity contribution in [3.05, 3.63) is 88.4 Å². The summed E-state index contributed by atoms with van der Waals surface area (Å²) in [4.78, 5) is 51.7. The van der Waals surface area contributed by atoms with E-state index in [1.165, 1.54) is 14.8 Å². The van der Waals surface area contributed by atoms with Crippen LogP contribution < -0.4 is 5.32 Å². The van der Waals surface area contributed by atoms with Gasteiger partial charge in [-0.15, -0.1) is 11.3 Å². The Morgan fingerprint density at radius 2 is 1.82 bits per heavy atom. The minimum absolute atomic E-state index is 0.0797. The highest BCUT2D eigenvalue weighted by atomic mass is 32.1. The molecular formula is C25H24N4O4S. The summed E-state index contributed by atoms with van der Waals surface area (Å²) in [6, 6.07) is 16.4. The summed E-state index contributed by atoms with van der Waals surface area (Å²) in [6.07, 6.45) is 3.05. The Morgan fingerprint density at radius 3 is 2.56 bits per heavy atom. The van der Waals surface area contributed by atoms with E-state index in [-0.39, 0.29) is 30.8 Å². The number of carbonyl (C=O) groups excluding carboxylic acids is 3. The normalized spacial score (nSPS) is 22.2. The standard InChI is InChI=1S/C25H24N4O4S/c30-20(27-13-10-19-7-4-14-34-19)16-29-22(18-8-11-26-12-9-18)21-23(33-29)25(32)28(24(21)31)15-17-5-2-1-3-6-17/h1-9,11-12,14,21-23H,10,13,15-16H2,(H,27,30). The van der Waals surface area contributed by atoms with Crippen LogP contribution in [0.5, 0.6) is 0 Å². The lowest BCUT2D eigenvalue weighted by atomic mass is 9.91. The highest BCUT2D eigenvalue weighted by Gasteiger charge is 2.59. The van der Waals surface area contributed by atoms with Crippen LogP contribution in [0, 0.1) is 5.92 Å². The first kappa shape index (κ1) is 22.4. The van der Waals surface area contributed by atoms with Crippen molar-refractivity contribution in [2.24, 2.45) is 5.92 Å². The van der Waals surface area contributed by atoms with Gasteiger partial charge in [-0.2, -0.15) is 5.06 Å². The average molecular weight is 477 g/mol. The average Bonchev–Trinajstić information content (AvgIpc) is 3.55. The summed E-state index contributed by atoms with van der Waals surface area (Å²) in [5, 5.41) is 6.38. The molecule has 34 heavy (non-hydrogen) atoms. The summed E-state index contributed by atoms with van der Waals surface area (Å²) < 4.78 is 0. The van der Waals surface area contributed by atoms with Gasteiger partial charge in [0.2, 0.25) is 11.8 Å². The third-order valence-corrected chi connectivity index (χ3v) is 7.03. The molecule has 8 nitrogen and oxygen atoms in total. The Labute approximate surface area is 201 Å². The van der Waals surface area contributed by atoms with Crippen LogP contribution in [0.4, 0.5) is 0 Å². The van der Waals surface area contributed by atoms with E-state index >= 15 is 0 Å². The number of hydroxylamine groups is 2. The highest BCUT2D eigenvalue weighted by Crippen LogP contribution is 2.44. The summed E-state index contributed by atoms with van der Waals surface area (Å²) in [5.74, 6) is -1.62. The van der Waals surface area contributed by atoms with Crippen molar-refractivity contribution >= 4 is 29.1 Å². The lowest BCUT2D eigenvalue weighted by Crippen LogP contribution is -2.41. The van der Waals surface area contributed by atoms with E-state index in [0.29, 0.717) is 6.54 Å². The van der Waals surface area contributed by atoms with Crippen molar-refractivity contribution in [3.63, 3.8) is 0 Å². The number of hydrogen-bond acceptors (Lipinski definition) is 7. The SMILES string of the molecule is O=C(CN1OC2C(=O)N(Cc3ccccc3)C(=O)C2C1c1ccncc1)NCCc1cccs1. The minimum Gasteiger partial charge on any atom is -0.355 e. The molecule has 174 valence electrons. The minimum atomic E-state index is -0.951. The number of pyridine rings is 1. The van der Waals surface area contributed by atoms with E-state index in [1.54, 1.807) is 35.9 Å². The van der Waals surface area contributed by atoms with Gasteiger partial charge in [0.1, 0.15) is 6.54 Å². The quantitative estimate of drug-likeness (QED) is 0.502. The molecule has 5 rings (SSSR count). The van der Waals surface area contributed by atoms with Crippen molar-refractivity contribution in [1.82, 2.24) is 20.3 Å². The zero-order valence-electron chi connectivity index (χ0n) is 18.4. The molecular weight excluding hydrogens is 452 g/mol. The van der Waals surface area contributed by atoms with Gasteiger partial charge in [-0.3, -0.25) is 29.1 Å². The fourth-order valence-electron chi connectivity index (χ4n) is 4.50. The number of aromatic nitrogens is 1. The molecule has 0 spiro atoms. The smallest absolute Gasteiger partial charge is 0.261 e. The molecule has 2 aromatic heterocycles. The van der Waals surface area contributed by atoms with Crippen LogP contribution in [0.2, 0.25) is 0 Å². The molecule has 0 saturated carbocycles. The Bertz CT molecular complexity index is 1160. The monoisotopic (exact) mass is 476 g/mol. The van der Waals surface area contributed by atoms with Crippen LogP contribution in [0.15, 0.2) is 72.4 Å². The third-order valence-electron chi connectivity index (χ3n) is 6.09. The van der Waals surface area contributed by atoms with Crippen molar-refractivity contribution in [3.8, 4) is 0 Å². The number of likely N-dealkylation sites (tertiary alicyclic amines) is 1. The molecule has 2 aliphatic heterocycles. The van der Waals surface area contributed by atoms with Gasteiger partial charge in [-0.25, -0.2) is 0 Å². The van der Waals surface area contributed by atoms with E-state index in [2.05, 4.69) is 10.3 Å². The van der Waals surface area contributed by atoms with Crippen LogP contribution in [0.1, 0.15) is 22.0 Å². The van der Waals surface area contributed by atoms with E-state index in [0.717, 1.165) is 17.5 Å². The molecule has 2 saturated heterocycles. The first-order valence-electron chi connectivity index (χ1n) is 11.1. The summed E-state index contributed by atoms with van der Waals surface area (Å²) in [5.41, 5.74) is 1.64. The molecule has 3 unspecified atom stereocenters. The van der Waals surface area contributed by atoms with Crippen LogP contribution in [0.25, 0.3) is 0 Å². The molecule has 2 aliphatic rings. The largest absolute Gasteiger partial charge is 0.355 e. The van der Waals surface area contributed by atoms with Crippen molar-refractivity contribution in [1.29, 1.82) is 0 Å². The number of nitrogens with one attached hydrogen (secondary N) is 1. The van der Waals surface area contributed by atoms with E-state index in [1.807, 2.05) is 47.8 Å². The van der Waals surface area contributed by atoms with Crippen molar-refractivity contribution < 1.29 is 19.2 Å². The molecule has 3 amide bonds. The lowest BCUT2D eigenvalue weighted by Gasteiger charge is -2.26. The molecule has 2 fully saturated rings. The van der Waals surface area contributed by atoms with Crippen molar-refractivity contribution in [2.45, 2.75) is 25.1 Å². The molecule has 9 heteroatoms. The molecule has 0 aliphatic carbocycles. The number of nitrogens with zero attached hydrogens (tertiary/aromatic N) is 3. The van der Waals surface area contributed by atoms with Gasteiger partial charge in [0.05, 0.1) is 18.5 Å². The lowest BCUT2D eigenvalue weighted by molar-refractivity contribution is -0.182. The number of imide groups is 1. The second-order valence-electron chi connectivity index (χ2n) is 8.28. The third kappa shape index (κ3) is 4.50. The van der Waals surface area contributed by atoms with Gasteiger partial charge < -0.3 is 5.32 Å². The fourth-order valence-corrected chi connectivity index (χ4v) is 5.21. The van der Waals surface area contributed by atoms with Crippen LogP contribution in [0.3, 0.4) is 0 Å². The Hall–Kier alpha value is -3.40. The number of amides is 3. The number of carbonyl (C=O) groups is 3. The molecule has 0 radical (unpaired) electrons. The Balaban J connectivity index is 1.31. The van der Waals surface area contributed by atoms with Crippen molar-refractivity contribution in [2.75, 3.05) is 13.1 Å². The zero-order valence-corrected chi connectivity index (χ0v) is 19.2.